The summed E-state index contributed by atoms with van der Waals surface area (Å²) in [6.07, 6.45) is 5.72. The zero-order valence-electron chi connectivity index (χ0n) is 23.5. The van der Waals surface area contributed by atoms with E-state index < -0.39 is 0 Å². The van der Waals surface area contributed by atoms with Crippen LogP contribution < -0.4 is 4.74 Å². The van der Waals surface area contributed by atoms with E-state index >= 15 is 0 Å². The van der Waals surface area contributed by atoms with Gasteiger partial charge >= 0.3 is 5.97 Å². The highest BCUT2D eigenvalue weighted by molar-refractivity contribution is 9.09. The van der Waals surface area contributed by atoms with Crippen molar-refractivity contribution in [2.24, 2.45) is 0 Å². The van der Waals surface area contributed by atoms with Crippen LogP contribution in [0, 0.1) is 0 Å². The number of halogens is 1. The first-order chi connectivity index (χ1) is 18.2. The Morgan fingerprint density at radius 3 is 2.13 bits per heavy atom. The highest BCUT2D eigenvalue weighted by atomic mass is 79.9. The molecule has 4 heteroatoms. The fourth-order valence-electron chi connectivity index (χ4n) is 5.39. The van der Waals surface area contributed by atoms with E-state index in [2.05, 4.69) is 80.0 Å². The van der Waals surface area contributed by atoms with Crippen LogP contribution in [0.5, 0.6) is 5.75 Å². The van der Waals surface area contributed by atoms with Crippen LogP contribution in [-0.2, 0) is 15.6 Å². The number of ether oxygens (including phenoxy) is 2. The summed E-state index contributed by atoms with van der Waals surface area (Å²) in [6, 6.07) is 21.1. The predicted octanol–water partition coefficient (Wildman–Crippen LogP) is 9.49. The number of hydrogen-bond donors (Lipinski definition) is 0. The van der Waals surface area contributed by atoms with Crippen molar-refractivity contribution in [1.29, 1.82) is 0 Å². The molecule has 4 rings (SSSR count). The standard InChI is InChI=1S/C34H41BrO3/c1-6-37-32(36)25-12-10-24(11-13-25)26-15-17-31(38-21-9-7-8-20-35)28(22-26)27-14-16-29-30(23-27)34(4,5)19-18-33(29,2)3/h10-17,22-23H,6-9,18-21H2,1-5H3. The lowest BCUT2D eigenvalue weighted by molar-refractivity contribution is 0.0526. The second-order valence-corrected chi connectivity index (χ2v) is 12.4. The topological polar surface area (TPSA) is 35.5 Å². The lowest BCUT2D eigenvalue weighted by Crippen LogP contribution is -2.33. The molecule has 0 heterocycles. The van der Waals surface area contributed by atoms with E-state index in [1.165, 1.54) is 29.5 Å². The summed E-state index contributed by atoms with van der Waals surface area (Å²) in [4.78, 5) is 12.1. The highest BCUT2D eigenvalue weighted by Gasteiger charge is 2.37. The van der Waals surface area contributed by atoms with E-state index in [0.717, 1.165) is 47.0 Å². The van der Waals surface area contributed by atoms with E-state index in [4.69, 9.17) is 9.47 Å². The lowest BCUT2D eigenvalue weighted by Gasteiger charge is -2.42. The molecule has 1 aliphatic rings. The molecule has 0 amide bonds. The molecule has 0 saturated carbocycles. The van der Waals surface area contributed by atoms with Crippen molar-refractivity contribution in [3.05, 3.63) is 77.4 Å². The summed E-state index contributed by atoms with van der Waals surface area (Å²) in [7, 11) is 0. The third kappa shape index (κ3) is 6.34. The van der Waals surface area contributed by atoms with Crippen LogP contribution in [0.25, 0.3) is 22.3 Å². The molecule has 3 aromatic carbocycles. The second kappa shape index (κ2) is 12.1. The van der Waals surface area contributed by atoms with Crippen LogP contribution in [-0.4, -0.2) is 24.5 Å². The van der Waals surface area contributed by atoms with E-state index in [1.807, 2.05) is 31.2 Å². The molecule has 202 valence electrons. The van der Waals surface area contributed by atoms with Crippen molar-refractivity contribution >= 4 is 21.9 Å². The molecule has 0 bridgehead atoms. The Labute approximate surface area is 237 Å². The van der Waals surface area contributed by atoms with Crippen molar-refractivity contribution in [1.82, 2.24) is 0 Å². The Balaban J connectivity index is 1.73. The first-order valence-electron chi connectivity index (χ1n) is 13.9. The fraction of sp³-hybridized carbons (Fsp3) is 0.441. The molecule has 0 aromatic heterocycles. The molecule has 0 radical (unpaired) electrons. The smallest absolute Gasteiger partial charge is 0.338 e. The van der Waals surface area contributed by atoms with Crippen molar-refractivity contribution in [2.75, 3.05) is 18.5 Å². The average Bonchev–Trinajstić information content (AvgIpc) is 2.91. The molecule has 3 nitrogen and oxygen atoms in total. The van der Waals surface area contributed by atoms with Gasteiger partial charge in [-0.1, -0.05) is 80.0 Å². The summed E-state index contributed by atoms with van der Waals surface area (Å²) in [5.41, 5.74) is 8.24. The van der Waals surface area contributed by atoms with Gasteiger partial charge in [0.2, 0.25) is 0 Å². The molecule has 0 saturated heterocycles. The number of carbonyl (C=O) groups is 1. The number of fused-ring (bicyclic) bond motifs is 1. The average molecular weight is 578 g/mol. The monoisotopic (exact) mass is 576 g/mol. The van der Waals surface area contributed by atoms with Gasteiger partial charge in [0.25, 0.3) is 0 Å². The summed E-state index contributed by atoms with van der Waals surface area (Å²) in [5, 5.41) is 1.03. The molecule has 0 spiro atoms. The van der Waals surface area contributed by atoms with Crippen molar-refractivity contribution in [3.8, 4) is 28.0 Å². The van der Waals surface area contributed by atoms with Crippen LogP contribution in [0.2, 0.25) is 0 Å². The van der Waals surface area contributed by atoms with E-state index in [1.54, 1.807) is 0 Å². The molecule has 0 fully saturated rings. The number of unbranched alkanes of at least 4 members (excludes halogenated alkanes) is 2. The van der Waals surface area contributed by atoms with Crippen molar-refractivity contribution < 1.29 is 14.3 Å². The largest absolute Gasteiger partial charge is 0.493 e. The third-order valence-corrected chi connectivity index (χ3v) is 8.47. The summed E-state index contributed by atoms with van der Waals surface area (Å²) < 4.78 is 11.5. The zero-order chi connectivity index (χ0) is 27.3. The molecular formula is C34H41BrO3. The maximum atomic E-state index is 12.1. The molecule has 0 unspecified atom stereocenters. The van der Waals surface area contributed by atoms with Gasteiger partial charge in [-0.15, -0.1) is 0 Å². The van der Waals surface area contributed by atoms with Gasteiger partial charge in [-0.3, -0.25) is 0 Å². The Morgan fingerprint density at radius 1 is 0.789 bits per heavy atom. The fourth-order valence-corrected chi connectivity index (χ4v) is 5.78. The van der Waals surface area contributed by atoms with Gasteiger partial charge in [-0.2, -0.15) is 0 Å². The molecule has 3 aromatic rings. The number of alkyl halides is 1. The van der Waals surface area contributed by atoms with Gasteiger partial charge in [0, 0.05) is 10.9 Å². The van der Waals surface area contributed by atoms with Crippen molar-refractivity contribution in [3.63, 3.8) is 0 Å². The first kappa shape index (κ1) is 28.4. The van der Waals surface area contributed by atoms with Crippen LogP contribution in [0.3, 0.4) is 0 Å². The Morgan fingerprint density at radius 2 is 1.45 bits per heavy atom. The van der Waals surface area contributed by atoms with Crippen LogP contribution in [0.15, 0.2) is 60.7 Å². The number of rotatable bonds is 10. The van der Waals surface area contributed by atoms with Crippen LogP contribution in [0.4, 0.5) is 0 Å². The van der Waals surface area contributed by atoms with Gasteiger partial charge in [0.05, 0.1) is 18.8 Å². The van der Waals surface area contributed by atoms with Gasteiger partial charge < -0.3 is 9.47 Å². The third-order valence-electron chi connectivity index (χ3n) is 7.91. The van der Waals surface area contributed by atoms with Gasteiger partial charge in [-0.25, -0.2) is 4.79 Å². The SMILES string of the molecule is CCOC(=O)c1ccc(-c2ccc(OCCCCCBr)c(-c3ccc4c(c3)C(C)(C)CCC4(C)C)c2)cc1. The Kier molecular flexibility index (Phi) is 9.03. The van der Waals surface area contributed by atoms with E-state index in [-0.39, 0.29) is 16.8 Å². The molecule has 1 aliphatic carbocycles. The van der Waals surface area contributed by atoms with Gasteiger partial charge in [-0.05, 0) is 102 Å². The van der Waals surface area contributed by atoms with Gasteiger partial charge in [0.15, 0.2) is 0 Å². The maximum absolute atomic E-state index is 12.1. The molecular weight excluding hydrogens is 536 g/mol. The second-order valence-electron chi connectivity index (χ2n) is 11.6. The summed E-state index contributed by atoms with van der Waals surface area (Å²) in [5.74, 6) is 0.631. The van der Waals surface area contributed by atoms with Crippen LogP contribution >= 0.6 is 15.9 Å². The Hall–Kier alpha value is -2.59. The zero-order valence-corrected chi connectivity index (χ0v) is 25.1. The summed E-state index contributed by atoms with van der Waals surface area (Å²) >= 11 is 3.52. The maximum Gasteiger partial charge on any atom is 0.338 e. The molecule has 0 aliphatic heterocycles. The number of benzene rings is 3. The number of esters is 1. The van der Waals surface area contributed by atoms with Crippen LogP contribution in [0.1, 0.15) is 88.2 Å². The molecule has 38 heavy (non-hydrogen) atoms. The summed E-state index contributed by atoms with van der Waals surface area (Å²) in [6.45, 7) is 12.4. The van der Waals surface area contributed by atoms with E-state index in [0.29, 0.717) is 18.8 Å². The Bertz CT molecular complexity index is 1260. The quantitative estimate of drug-likeness (QED) is 0.137. The van der Waals surface area contributed by atoms with E-state index in [9.17, 15) is 4.79 Å². The minimum Gasteiger partial charge on any atom is -0.493 e. The lowest BCUT2D eigenvalue weighted by atomic mass is 9.63. The van der Waals surface area contributed by atoms with Gasteiger partial charge in [0.1, 0.15) is 5.75 Å². The first-order valence-corrected chi connectivity index (χ1v) is 15.0. The molecule has 0 N–H and O–H groups in total. The predicted molar refractivity (Wildman–Crippen MR) is 162 cm³/mol. The van der Waals surface area contributed by atoms with Crippen molar-refractivity contribution in [2.45, 2.75) is 77.6 Å². The molecule has 0 atom stereocenters. The highest BCUT2D eigenvalue weighted by Crippen LogP contribution is 2.47. The minimum absolute atomic E-state index is 0.137. The minimum atomic E-state index is -0.289. The normalized spacial score (nSPS) is 15.5. The number of hydrogen-bond acceptors (Lipinski definition) is 3. The number of carbonyl (C=O) groups excluding carboxylic acids is 1.